The first-order chi connectivity index (χ1) is 7.61. The molecule has 0 saturated heterocycles. The number of rotatable bonds is 10. The van der Waals surface area contributed by atoms with Gasteiger partial charge in [-0.2, -0.15) is 0 Å². The fourth-order valence-electron chi connectivity index (χ4n) is 1.13. The van der Waals surface area contributed by atoms with Crippen LogP contribution in [0.4, 0.5) is 0 Å². The van der Waals surface area contributed by atoms with Gasteiger partial charge >= 0.3 is 7.82 Å². The summed E-state index contributed by atoms with van der Waals surface area (Å²) < 4.78 is 27.9. The molecule has 0 bridgehead atoms. The average Bonchev–Trinajstić information content (AvgIpc) is 2.25. The van der Waals surface area contributed by atoms with Crippen molar-refractivity contribution in [2.24, 2.45) is 0 Å². The van der Waals surface area contributed by atoms with E-state index in [-0.39, 0.29) is 0 Å². The third-order valence-electron chi connectivity index (χ3n) is 1.90. The van der Waals surface area contributed by atoms with Gasteiger partial charge in [0.2, 0.25) is 0 Å². The number of unbranched alkanes of at least 4 members (excludes halogenated alkanes) is 1. The van der Waals surface area contributed by atoms with E-state index >= 15 is 0 Å². The van der Waals surface area contributed by atoms with Crippen LogP contribution in [0.25, 0.3) is 0 Å². The maximum Gasteiger partial charge on any atom is 0.477 e. The van der Waals surface area contributed by atoms with E-state index in [1.54, 1.807) is 13.8 Å². The van der Waals surface area contributed by atoms with E-state index in [1.807, 2.05) is 6.92 Å². The number of hydrogen-bond acceptors (Lipinski definition) is 4. The minimum Gasteiger partial charge on any atom is -0.287 e. The fraction of sp³-hybridized carbons (Fsp3) is 1.00. The highest BCUT2D eigenvalue weighted by Crippen LogP contribution is 2.60. The van der Waals surface area contributed by atoms with E-state index in [9.17, 15) is 4.57 Å². The normalized spacial score (nSPS) is 14.0. The smallest absolute Gasteiger partial charge is 0.287 e. The Labute approximate surface area is 101 Å². The van der Waals surface area contributed by atoms with Gasteiger partial charge in [-0.25, -0.2) is 4.57 Å². The van der Waals surface area contributed by atoms with Crippen molar-refractivity contribution in [1.82, 2.24) is 0 Å². The molecule has 0 aromatic heterocycles. The van der Waals surface area contributed by atoms with Crippen LogP contribution in [0.2, 0.25) is 0 Å². The molecule has 0 aliphatic rings. The molecule has 0 aliphatic heterocycles. The molecule has 0 aromatic carbocycles. The van der Waals surface area contributed by atoms with Gasteiger partial charge in [-0.05, 0) is 32.6 Å². The van der Waals surface area contributed by atoms with Crippen molar-refractivity contribution in [3.8, 4) is 0 Å². The van der Waals surface area contributed by atoms with Crippen molar-refractivity contribution in [2.75, 3.05) is 25.5 Å². The molecule has 0 aromatic rings. The molecule has 16 heavy (non-hydrogen) atoms. The van der Waals surface area contributed by atoms with Crippen molar-refractivity contribution < 1.29 is 17.9 Å². The molecular weight excluding hydrogens is 246 g/mol. The molecule has 6 heteroatoms. The van der Waals surface area contributed by atoms with Gasteiger partial charge in [-0.15, -0.1) is 0 Å². The van der Waals surface area contributed by atoms with E-state index in [2.05, 4.69) is 6.92 Å². The lowest BCUT2D eigenvalue weighted by molar-refractivity contribution is 0.172. The summed E-state index contributed by atoms with van der Waals surface area (Å²) in [5.74, 6) is 0. The molecular formula is C10H24O4P2. The van der Waals surface area contributed by atoms with Crippen LogP contribution in [-0.4, -0.2) is 25.5 Å². The summed E-state index contributed by atoms with van der Waals surface area (Å²) >= 11 is 0. The molecule has 0 fully saturated rings. The maximum atomic E-state index is 12.1. The zero-order chi connectivity index (χ0) is 12.4. The highest BCUT2D eigenvalue weighted by Gasteiger charge is 2.29. The Hall–Kier alpha value is 0.540. The predicted molar refractivity (Wildman–Crippen MR) is 69.2 cm³/mol. The molecule has 0 radical (unpaired) electrons. The SMILES string of the molecule is CCCCP(CC)OP(=O)(OCC)OCC. The number of phosphoric ester groups is 1. The van der Waals surface area contributed by atoms with Crippen molar-refractivity contribution in [2.45, 2.75) is 40.5 Å². The van der Waals surface area contributed by atoms with E-state index < -0.39 is 16.0 Å². The summed E-state index contributed by atoms with van der Waals surface area (Å²) in [4.78, 5) is 0. The van der Waals surface area contributed by atoms with Crippen LogP contribution in [0, 0.1) is 0 Å². The maximum absolute atomic E-state index is 12.1. The van der Waals surface area contributed by atoms with E-state index in [0.29, 0.717) is 13.2 Å². The molecule has 4 nitrogen and oxygen atoms in total. The lowest BCUT2D eigenvalue weighted by Gasteiger charge is -2.22. The van der Waals surface area contributed by atoms with Crippen molar-refractivity contribution >= 4 is 16.0 Å². The first-order valence-electron chi connectivity index (χ1n) is 5.95. The summed E-state index contributed by atoms with van der Waals surface area (Å²) in [7, 11) is -3.99. The van der Waals surface area contributed by atoms with Gasteiger partial charge < -0.3 is 0 Å². The Morgan fingerprint density at radius 1 is 1.06 bits per heavy atom. The lowest BCUT2D eigenvalue weighted by atomic mass is 10.4. The van der Waals surface area contributed by atoms with Gasteiger partial charge in [0.25, 0.3) is 0 Å². The van der Waals surface area contributed by atoms with Gasteiger partial charge in [0.15, 0.2) is 0 Å². The molecule has 0 rings (SSSR count). The van der Waals surface area contributed by atoms with Gasteiger partial charge in [0, 0.05) is 8.15 Å². The highest BCUT2D eigenvalue weighted by atomic mass is 31.2. The first-order valence-corrected chi connectivity index (χ1v) is 9.04. The quantitative estimate of drug-likeness (QED) is 0.552. The van der Waals surface area contributed by atoms with Crippen molar-refractivity contribution in [3.05, 3.63) is 0 Å². The van der Waals surface area contributed by atoms with Gasteiger partial charge in [-0.1, -0.05) is 20.3 Å². The standard InChI is InChI=1S/C10H24O4P2/c1-5-9-10-15(8-4)14-16(11,12-6-2)13-7-3/h5-10H2,1-4H3. The van der Waals surface area contributed by atoms with Crippen LogP contribution >= 0.6 is 16.0 Å². The van der Waals surface area contributed by atoms with Gasteiger partial charge in [-0.3, -0.25) is 13.4 Å². The summed E-state index contributed by atoms with van der Waals surface area (Å²) in [6.45, 7) is 8.44. The second kappa shape index (κ2) is 9.56. The summed E-state index contributed by atoms with van der Waals surface area (Å²) in [5, 5.41) is 0. The number of phosphoric acid groups is 1. The molecule has 98 valence electrons. The molecule has 0 amide bonds. The highest BCUT2D eigenvalue weighted by molar-refractivity contribution is 7.64. The van der Waals surface area contributed by atoms with Gasteiger partial charge in [0.1, 0.15) is 0 Å². The first kappa shape index (κ1) is 16.5. The van der Waals surface area contributed by atoms with E-state index in [0.717, 1.165) is 25.2 Å². The monoisotopic (exact) mass is 270 g/mol. The fourth-order valence-corrected chi connectivity index (χ4v) is 5.12. The Kier molecular flexibility index (Phi) is 9.88. The summed E-state index contributed by atoms with van der Waals surface area (Å²) in [6.07, 6.45) is 4.07. The Bertz CT molecular complexity index is 201. The zero-order valence-electron chi connectivity index (χ0n) is 10.8. The Morgan fingerprint density at radius 2 is 1.62 bits per heavy atom. The van der Waals surface area contributed by atoms with Crippen LogP contribution in [-0.2, 0) is 17.9 Å². The van der Waals surface area contributed by atoms with Crippen LogP contribution in [0.3, 0.4) is 0 Å². The molecule has 1 atom stereocenters. The third-order valence-corrected chi connectivity index (χ3v) is 6.30. The zero-order valence-corrected chi connectivity index (χ0v) is 12.6. The van der Waals surface area contributed by atoms with Gasteiger partial charge in [0.05, 0.1) is 13.2 Å². The minimum absolute atomic E-state index is 0.345. The Balaban J connectivity index is 4.27. The van der Waals surface area contributed by atoms with Crippen LogP contribution in [0.1, 0.15) is 40.5 Å². The second-order valence-corrected chi connectivity index (χ2v) is 7.35. The Morgan fingerprint density at radius 3 is 2.00 bits per heavy atom. The summed E-state index contributed by atoms with van der Waals surface area (Å²) in [6, 6.07) is 0. The minimum atomic E-state index is -3.30. The predicted octanol–water partition coefficient (Wildman–Crippen LogP) is 4.40. The van der Waals surface area contributed by atoms with Crippen molar-refractivity contribution in [3.63, 3.8) is 0 Å². The lowest BCUT2D eigenvalue weighted by Crippen LogP contribution is -2.00. The number of hydrogen-bond donors (Lipinski definition) is 0. The molecule has 0 saturated carbocycles. The molecule has 0 N–H and O–H groups in total. The van der Waals surface area contributed by atoms with Crippen LogP contribution < -0.4 is 0 Å². The molecule has 0 aliphatic carbocycles. The largest absolute Gasteiger partial charge is 0.477 e. The van der Waals surface area contributed by atoms with Crippen LogP contribution in [0.15, 0.2) is 0 Å². The average molecular weight is 270 g/mol. The van der Waals surface area contributed by atoms with Crippen molar-refractivity contribution in [1.29, 1.82) is 0 Å². The van der Waals surface area contributed by atoms with Crippen LogP contribution in [0.5, 0.6) is 0 Å². The topological polar surface area (TPSA) is 44.8 Å². The molecule has 1 unspecified atom stereocenters. The third kappa shape index (κ3) is 6.98. The van der Waals surface area contributed by atoms with E-state index in [4.69, 9.17) is 13.4 Å². The molecule has 0 heterocycles. The molecule has 0 spiro atoms. The van der Waals surface area contributed by atoms with E-state index in [1.165, 1.54) is 0 Å². The second-order valence-electron chi connectivity index (χ2n) is 3.24. The summed E-state index contributed by atoms with van der Waals surface area (Å²) in [5.41, 5.74) is 0.